The van der Waals surface area contributed by atoms with Gasteiger partial charge in [0.2, 0.25) is 5.91 Å². The molecular formula is C23H31FN2O3. The van der Waals surface area contributed by atoms with Gasteiger partial charge in [-0.25, -0.2) is 4.39 Å². The van der Waals surface area contributed by atoms with Crippen LogP contribution in [0.4, 0.5) is 4.39 Å². The molecule has 0 aromatic heterocycles. The van der Waals surface area contributed by atoms with Gasteiger partial charge in [0.05, 0.1) is 14.2 Å². The number of methoxy groups -OCH3 is 2. The van der Waals surface area contributed by atoms with Gasteiger partial charge in [-0.15, -0.1) is 0 Å². The first-order valence-corrected chi connectivity index (χ1v) is 9.92. The van der Waals surface area contributed by atoms with Crippen LogP contribution in [0.25, 0.3) is 0 Å². The van der Waals surface area contributed by atoms with Crippen molar-refractivity contribution in [2.45, 2.75) is 25.7 Å². The minimum Gasteiger partial charge on any atom is -0.493 e. The van der Waals surface area contributed by atoms with Gasteiger partial charge >= 0.3 is 0 Å². The highest BCUT2D eigenvalue weighted by molar-refractivity contribution is 5.76. The van der Waals surface area contributed by atoms with Crippen molar-refractivity contribution in [1.29, 1.82) is 0 Å². The van der Waals surface area contributed by atoms with Crippen LogP contribution in [0, 0.1) is 5.82 Å². The minimum absolute atomic E-state index is 0.00208. The number of carbonyl (C=O) groups is 1. The molecule has 0 bridgehead atoms. The van der Waals surface area contributed by atoms with Crippen LogP contribution in [-0.4, -0.2) is 51.7 Å². The highest BCUT2D eigenvalue weighted by Crippen LogP contribution is 2.27. The third-order valence-corrected chi connectivity index (χ3v) is 4.80. The lowest BCUT2D eigenvalue weighted by molar-refractivity contribution is -0.121. The number of ether oxygens (including phenoxy) is 2. The van der Waals surface area contributed by atoms with Crippen LogP contribution in [0.15, 0.2) is 42.5 Å². The normalized spacial score (nSPS) is 10.8. The van der Waals surface area contributed by atoms with Gasteiger partial charge in [0.25, 0.3) is 0 Å². The number of benzene rings is 2. The molecule has 0 radical (unpaired) electrons. The Morgan fingerprint density at radius 2 is 1.76 bits per heavy atom. The lowest BCUT2D eigenvalue weighted by Gasteiger charge is -2.17. The molecule has 5 nitrogen and oxygen atoms in total. The van der Waals surface area contributed by atoms with Gasteiger partial charge in [0, 0.05) is 19.5 Å². The van der Waals surface area contributed by atoms with Crippen molar-refractivity contribution in [2.75, 3.05) is 40.9 Å². The van der Waals surface area contributed by atoms with Gasteiger partial charge in [0.1, 0.15) is 5.82 Å². The van der Waals surface area contributed by atoms with Crippen molar-refractivity contribution >= 4 is 5.91 Å². The van der Waals surface area contributed by atoms with E-state index in [4.69, 9.17) is 9.47 Å². The Balaban J connectivity index is 1.60. The summed E-state index contributed by atoms with van der Waals surface area (Å²) in [6.45, 7) is 2.46. The topological polar surface area (TPSA) is 50.8 Å². The third kappa shape index (κ3) is 8.11. The Morgan fingerprint density at radius 1 is 1.00 bits per heavy atom. The van der Waals surface area contributed by atoms with E-state index in [9.17, 15) is 9.18 Å². The lowest BCUT2D eigenvalue weighted by atomic mass is 10.1. The number of rotatable bonds is 12. The number of carbonyl (C=O) groups excluding carboxylic acids is 1. The predicted octanol–water partition coefficient (Wildman–Crippen LogP) is 3.46. The second kappa shape index (κ2) is 12.1. The van der Waals surface area contributed by atoms with Crippen LogP contribution in [0.2, 0.25) is 0 Å². The van der Waals surface area contributed by atoms with Crippen LogP contribution in [0.3, 0.4) is 0 Å². The van der Waals surface area contributed by atoms with E-state index in [-0.39, 0.29) is 11.7 Å². The molecule has 1 amide bonds. The second-order valence-corrected chi connectivity index (χ2v) is 7.08. The van der Waals surface area contributed by atoms with Gasteiger partial charge in [-0.05, 0) is 68.2 Å². The number of nitrogens with zero attached hydrogens (tertiary/aromatic N) is 1. The Hall–Kier alpha value is -2.60. The van der Waals surface area contributed by atoms with Gasteiger partial charge in [-0.2, -0.15) is 0 Å². The molecule has 0 heterocycles. The van der Waals surface area contributed by atoms with Crippen molar-refractivity contribution in [2.24, 2.45) is 0 Å². The molecule has 0 saturated heterocycles. The average molecular weight is 403 g/mol. The zero-order valence-corrected chi connectivity index (χ0v) is 17.5. The summed E-state index contributed by atoms with van der Waals surface area (Å²) in [4.78, 5) is 14.2. The molecule has 0 saturated carbocycles. The first kappa shape index (κ1) is 22.7. The molecule has 0 aliphatic heterocycles. The summed E-state index contributed by atoms with van der Waals surface area (Å²) < 4.78 is 23.7. The molecule has 1 N–H and O–H groups in total. The summed E-state index contributed by atoms with van der Waals surface area (Å²) in [5, 5.41) is 2.93. The third-order valence-electron chi connectivity index (χ3n) is 4.80. The van der Waals surface area contributed by atoms with Crippen molar-refractivity contribution in [1.82, 2.24) is 10.2 Å². The summed E-state index contributed by atoms with van der Waals surface area (Å²) >= 11 is 0. The first-order chi connectivity index (χ1) is 14.0. The number of amides is 1. The number of hydrogen-bond acceptors (Lipinski definition) is 4. The highest BCUT2D eigenvalue weighted by atomic mass is 19.1. The first-order valence-electron chi connectivity index (χ1n) is 9.92. The number of hydrogen-bond donors (Lipinski definition) is 1. The van der Waals surface area contributed by atoms with Crippen molar-refractivity contribution in [3.63, 3.8) is 0 Å². The maximum absolute atomic E-state index is 13.1. The van der Waals surface area contributed by atoms with E-state index in [1.54, 1.807) is 20.3 Å². The van der Waals surface area contributed by atoms with E-state index >= 15 is 0 Å². The fraction of sp³-hybridized carbons (Fsp3) is 0.435. The van der Waals surface area contributed by atoms with Crippen LogP contribution in [-0.2, 0) is 17.6 Å². The fourth-order valence-electron chi connectivity index (χ4n) is 3.08. The highest BCUT2D eigenvalue weighted by Gasteiger charge is 2.07. The molecule has 158 valence electrons. The van der Waals surface area contributed by atoms with E-state index in [0.717, 1.165) is 43.0 Å². The number of nitrogens with one attached hydrogen (secondary N) is 1. The Labute approximate surface area is 172 Å². The van der Waals surface area contributed by atoms with E-state index in [1.807, 2.05) is 24.3 Å². The van der Waals surface area contributed by atoms with Crippen LogP contribution >= 0.6 is 0 Å². The van der Waals surface area contributed by atoms with Gasteiger partial charge in [-0.1, -0.05) is 18.2 Å². The number of aryl methyl sites for hydroxylation is 1. The van der Waals surface area contributed by atoms with Crippen molar-refractivity contribution in [3.05, 3.63) is 59.4 Å². The Kier molecular flexibility index (Phi) is 9.44. The summed E-state index contributed by atoms with van der Waals surface area (Å²) in [6.07, 6.45) is 2.72. The zero-order chi connectivity index (χ0) is 21.1. The maximum atomic E-state index is 13.1. The summed E-state index contributed by atoms with van der Waals surface area (Å²) in [5.41, 5.74) is 2.04. The van der Waals surface area contributed by atoms with Crippen molar-refractivity contribution < 1.29 is 18.7 Å². The monoisotopic (exact) mass is 402 g/mol. The van der Waals surface area contributed by atoms with Gasteiger partial charge in [-0.3, -0.25) is 4.79 Å². The molecule has 0 fully saturated rings. The van der Waals surface area contributed by atoms with E-state index in [2.05, 4.69) is 17.3 Å². The SMILES string of the molecule is COc1ccc(CCN(C)CCCNC(=O)CCc2cccc(F)c2)cc1OC. The molecule has 29 heavy (non-hydrogen) atoms. The second-order valence-electron chi connectivity index (χ2n) is 7.08. The number of likely N-dealkylation sites (N-methyl/N-ethyl adjacent to an activating group) is 1. The standard InChI is InChI=1S/C23H31FN2O3/c1-26(15-12-19-8-10-21(28-2)22(17-19)29-3)14-5-13-25-23(27)11-9-18-6-4-7-20(24)16-18/h4,6-8,10,16-17H,5,9,11-15H2,1-3H3,(H,25,27). The Morgan fingerprint density at radius 3 is 2.48 bits per heavy atom. The molecule has 0 atom stereocenters. The van der Waals surface area contributed by atoms with E-state index in [0.29, 0.717) is 19.4 Å². The van der Waals surface area contributed by atoms with Crippen LogP contribution in [0.5, 0.6) is 11.5 Å². The van der Waals surface area contributed by atoms with Crippen LogP contribution < -0.4 is 14.8 Å². The largest absolute Gasteiger partial charge is 0.493 e. The molecule has 6 heteroatoms. The summed E-state index contributed by atoms with van der Waals surface area (Å²) in [5.74, 6) is 1.22. The maximum Gasteiger partial charge on any atom is 0.220 e. The molecule has 0 aliphatic carbocycles. The molecular weight excluding hydrogens is 371 g/mol. The summed E-state index contributed by atoms with van der Waals surface area (Å²) in [6, 6.07) is 12.4. The van der Waals surface area contributed by atoms with E-state index < -0.39 is 0 Å². The average Bonchev–Trinajstić information content (AvgIpc) is 2.73. The molecule has 2 aromatic carbocycles. The lowest BCUT2D eigenvalue weighted by Crippen LogP contribution is -2.29. The summed E-state index contributed by atoms with van der Waals surface area (Å²) in [7, 11) is 5.35. The van der Waals surface area contributed by atoms with Crippen molar-refractivity contribution in [3.8, 4) is 11.5 Å². The van der Waals surface area contributed by atoms with Gasteiger partial charge in [0.15, 0.2) is 11.5 Å². The van der Waals surface area contributed by atoms with E-state index in [1.165, 1.54) is 17.7 Å². The molecule has 2 aromatic rings. The minimum atomic E-state index is -0.265. The number of halogens is 1. The molecule has 2 rings (SSSR count). The quantitative estimate of drug-likeness (QED) is 0.553. The fourth-order valence-corrected chi connectivity index (χ4v) is 3.08. The molecule has 0 spiro atoms. The zero-order valence-electron chi connectivity index (χ0n) is 17.5. The predicted molar refractivity (Wildman–Crippen MR) is 113 cm³/mol. The van der Waals surface area contributed by atoms with Crippen LogP contribution in [0.1, 0.15) is 24.0 Å². The Bertz CT molecular complexity index is 782. The molecule has 0 aliphatic rings. The van der Waals surface area contributed by atoms with Gasteiger partial charge < -0.3 is 19.7 Å². The molecule has 0 unspecified atom stereocenters. The smallest absolute Gasteiger partial charge is 0.220 e.